The van der Waals surface area contributed by atoms with Crippen LogP contribution in [0.4, 0.5) is 5.69 Å². The molecule has 5 nitrogen and oxygen atoms in total. The zero-order valence-electron chi connectivity index (χ0n) is 15.4. The number of nitrogens with one attached hydrogen (secondary N) is 1. The summed E-state index contributed by atoms with van der Waals surface area (Å²) >= 11 is 2.09. The SMILES string of the molecule is CCC1CN(C(=NC)NCc2ccc(N3CCOCC3)cc2)CCS1. The summed E-state index contributed by atoms with van der Waals surface area (Å²) in [6.45, 7) is 8.88. The molecule has 2 saturated heterocycles. The topological polar surface area (TPSA) is 40.1 Å². The van der Waals surface area contributed by atoms with Crippen LogP contribution >= 0.6 is 11.8 Å². The molecule has 2 aliphatic heterocycles. The Balaban J connectivity index is 1.53. The van der Waals surface area contributed by atoms with Crippen molar-refractivity contribution in [2.45, 2.75) is 25.1 Å². The number of aliphatic imine (C=N–C) groups is 1. The zero-order valence-corrected chi connectivity index (χ0v) is 16.2. The smallest absolute Gasteiger partial charge is 0.193 e. The molecule has 3 rings (SSSR count). The van der Waals surface area contributed by atoms with E-state index >= 15 is 0 Å². The van der Waals surface area contributed by atoms with Crippen molar-refractivity contribution >= 4 is 23.4 Å². The molecule has 2 heterocycles. The summed E-state index contributed by atoms with van der Waals surface area (Å²) in [4.78, 5) is 9.27. The largest absolute Gasteiger partial charge is 0.378 e. The van der Waals surface area contributed by atoms with E-state index < -0.39 is 0 Å². The second-order valence-electron chi connectivity index (χ2n) is 6.51. The van der Waals surface area contributed by atoms with Gasteiger partial charge in [-0.1, -0.05) is 19.1 Å². The van der Waals surface area contributed by atoms with Crippen molar-refractivity contribution in [2.75, 3.05) is 57.1 Å². The third kappa shape index (κ3) is 5.05. The van der Waals surface area contributed by atoms with Crippen LogP contribution in [-0.4, -0.2) is 68.3 Å². The van der Waals surface area contributed by atoms with Gasteiger partial charge in [0.25, 0.3) is 0 Å². The number of nitrogens with zero attached hydrogens (tertiary/aromatic N) is 3. The Hall–Kier alpha value is -1.40. The summed E-state index contributed by atoms with van der Waals surface area (Å²) in [7, 11) is 1.88. The van der Waals surface area contributed by atoms with Gasteiger partial charge in [0.15, 0.2) is 5.96 Å². The number of rotatable bonds is 4. The minimum Gasteiger partial charge on any atom is -0.378 e. The van der Waals surface area contributed by atoms with Crippen molar-refractivity contribution < 1.29 is 4.74 Å². The van der Waals surface area contributed by atoms with Gasteiger partial charge in [-0.3, -0.25) is 4.99 Å². The van der Waals surface area contributed by atoms with Gasteiger partial charge in [-0.15, -0.1) is 0 Å². The lowest BCUT2D eigenvalue weighted by Crippen LogP contribution is -2.47. The molecular weight excluding hydrogens is 332 g/mol. The van der Waals surface area contributed by atoms with E-state index in [2.05, 4.69) is 63.1 Å². The van der Waals surface area contributed by atoms with E-state index in [1.165, 1.54) is 23.4 Å². The first-order valence-electron chi connectivity index (χ1n) is 9.29. The fraction of sp³-hybridized carbons (Fsp3) is 0.632. The lowest BCUT2D eigenvalue weighted by atomic mass is 10.2. The van der Waals surface area contributed by atoms with Crippen molar-refractivity contribution in [2.24, 2.45) is 4.99 Å². The predicted molar refractivity (Wildman–Crippen MR) is 108 cm³/mol. The van der Waals surface area contributed by atoms with E-state index in [4.69, 9.17) is 4.74 Å². The lowest BCUT2D eigenvalue weighted by Gasteiger charge is -2.34. The van der Waals surface area contributed by atoms with E-state index in [9.17, 15) is 0 Å². The van der Waals surface area contributed by atoms with Crippen LogP contribution in [0.1, 0.15) is 18.9 Å². The quantitative estimate of drug-likeness (QED) is 0.658. The minimum absolute atomic E-state index is 0.722. The van der Waals surface area contributed by atoms with Crippen LogP contribution in [0.5, 0.6) is 0 Å². The van der Waals surface area contributed by atoms with Gasteiger partial charge in [0.1, 0.15) is 0 Å². The molecule has 0 amide bonds. The molecule has 138 valence electrons. The molecule has 1 N–H and O–H groups in total. The van der Waals surface area contributed by atoms with Crippen molar-refractivity contribution in [3.63, 3.8) is 0 Å². The molecule has 0 saturated carbocycles. The summed E-state index contributed by atoms with van der Waals surface area (Å²) in [6, 6.07) is 8.86. The van der Waals surface area contributed by atoms with Crippen LogP contribution in [0.3, 0.4) is 0 Å². The minimum atomic E-state index is 0.722. The van der Waals surface area contributed by atoms with Crippen LogP contribution in [0.15, 0.2) is 29.3 Å². The number of anilines is 1. The van der Waals surface area contributed by atoms with Crippen LogP contribution in [-0.2, 0) is 11.3 Å². The lowest BCUT2D eigenvalue weighted by molar-refractivity contribution is 0.122. The molecule has 2 aliphatic rings. The highest BCUT2D eigenvalue weighted by Gasteiger charge is 2.21. The summed E-state index contributed by atoms with van der Waals surface area (Å²) in [5.41, 5.74) is 2.58. The number of benzene rings is 1. The van der Waals surface area contributed by atoms with Crippen molar-refractivity contribution in [1.82, 2.24) is 10.2 Å². The summed E-state index contributed by atoms with van der Waals surface area (Å²) in [5, 5.41) is 4.25. The van der Waals surface area contributed by atoms with Crippen LogP contribution < -0.4 is 10.2 Å². The Bertz CT molecular complexity index is 557. The van der Waals surface area contributed by atoms with Crippen molar-refractivity contribution in [1.29, 1.82) is 0 Å². The van der Waals surface area contributed by atoms with E-state index in [0.29, 0.717) is 0 Å². The molecule has 6 heteroatoms. The van der Waals surface area contributed by atoms with Crippen molar-refractivity contribution in [3.05, 3.63) is 29.8 Å². The molecule has 1 unspecified atom stereocenters. The molecule has 1 atom stereocenters. The van der Waals surface area contributed by atoms with Gasteiger partial charge in [-0.05, 0) is 24.1 Å². The molecule has 0 aliphatic carbocycles. The highest BCUT2D eigenvalue weighted by atomic mass is 32.2. The Kier molecular flexibility index (Phi) is 6.87. The summed E-state index contributed by atoms with van der Waals surface area (Å²) < 4.78 is 5.42. The molecule has 2 fully saturated rings. The van der Waals surface area contributed by atoms with Gasteiger partial charge in [-0.25, -0.2) is 0 Å². The Morgan fingerprint density at radius 2 is 2.00 bits per heavy atom. The monoisotopic (exact) mass is 362 g/mol. The standard InChI is InChI=1S/C19H30N4OS/c1-3-18-15-23(10-13-25-18)19(20-2)21-14-16-4-6-17(7-5-16)22-8-11-24-12-9-22/h4-7,18H,3,8-15H2,1-2H3,(H,20,21). The first-order valence-corrected chi connectivity index (χ1v) is 10.3. The molecular formula is C19H30N4OS. The Labute approximate surface area is 155 Å². The highest BCUT2D eigenvalue weighted by molar-refractivity contribution is 8.00. The molecule has 0 bridgehead atoms. The zero-order chi connectivity index (χ0) is 17.5. The number of ether oxygens (including phenoxy) is 1. The van der Waals surface area contributed by atoms with E-state index in [1.807, 2.05) is 7.05 Å². The Morgan fingerprint density at radius 3 is 2.68 bits per heavy atom. The summed E-state index contributed by atoms with van der Waals surface area (Å²) in [6.07, 6.45) is 1.22. The third-order valence-electron chi connectivity index (χ3n) is 4.87. The summed E-state index contributed by atoms with van der Waals surface area (Å²) in [5.74, 6) is 2.21. The van der Waals surface area contributed by atoms with E-state index in [1.54, 1.807) is 0 Å². The molecule has 25 heavy (non-hydrogen) atoms. The molecule has 1 aromatic rings. The first-order chi connectivity index (χ1) is 12.3. The van der Waals surface area contributed by atoms with Gasteiger partial charge in [0.2, 0.25) is 0 Å². The van der Waals surface area contributed by atoms with Crippen LogP contribution in [0.2, 0.25) is 0 Å². The van der Waals surface area contributed by atoms with E-state index in [0.717, 1.165) is 57.1 Å². The van der Waals surface area contributed by atoms with Gasteiger partial charge >= 0.3 is 0 Å². The number of morpholine rings is 1. The third-order valence-corrected chi connectivity index (χ3v) is 6.24. The maximum absolute atomic E-state index is 5.42. The second-order valence-corrected chi connectivity index (χ2v) is 7.92. The maximum atomic E-state index is 5.42. The number of hydrogen-bond acceptors (Lipinski definition) is 4. The van der Waals surface area contributed by atoms with Gasteiger partial charge < -0.3 is 19.9 Å². The molecule has 1 aromatic carbocycles. The normalized spacial score (nSPS) is 22.2. The fourth-order valence-corrected chi connectivity index (χ4v) is 4.50. The average molecular weight is 363 g/mol. The number of hydrogen-bond donors (Lipinski definition) is 1. The van der Waals surface area contributed by atoms with Gasteiger partial charge in [0, 0.05) is 56.5 Å². The van der Waals surface area contributed by atoms with Gasteiger partial charge in [0.05, 0.1) is 13.2 Å². The number of thioether (sulfide) groups is 1. The van der Waals surface area contributed by atoms with Gasteiger partial charge in [-0.2, -0.15) is 11.8 Å². The average Bonchev–Trinajstić information content (AvgIpc) is 2.70. The Morgan fingerprint density at radius 1 is 1.24 bits per heavy atom. The second kappa shape index (κ2) is 9.34. The van der Waals surface area contributed by atoms with Crippen molar-refractivity contribution in [3.8, 4) is 0 Å². The molecule has 0 aromatic heterocycles. The first kappa shape index (κ1) is 18.4. The highest BCUT2D eigenvalue weighted by Crippen LogP contribution is 2.21. The van der Waals surface area contributed by atoms with Crippen LogP contribution in [0, 0.1) is 0 Å². The molecule has 0 radical (unpaired) electrons. The fourth-order valence-electron chi connectivity index (χ4n) is 3.32. The predicted octanol–water partition coefficient (Wildman–Crippen LogP) is 2.43. The number of guanidine groups is 1. The molecule has 0 spiro atoms. The van der Waals surface area contributed by atoms with Crippen LogP contribution in [0.25, 0.3) is 0 Å². The van der Waals surface area contributed by atoms with E-state index in [-0.39, 0.29) is 0 Å². The maximum Gasteiger partial charge on any atom is 0.193 e.